The summed E-state index contributed by atoms with van der Waals surface area (Å²) in [4.78, 5) is 14.8. The van der Waals surface area contributed by atoms with Crippen LogP contribution in [-0.2, 0) is 19.6 Å². The van der Waals surface area contributed by atoms with Crippen LogP contribution in [0.5, 0.6) is 5.88 Å². The molecule has 0 bridgehead atoms. The number of rotatable bonds is 9. The Morgan fingerprint density at radius 1 is 1.29 bits per heavy atom. The lowest BCUT2D eigenvalue weighted by Crippen LogP contribution is -2.46. The van der Waals surface area contributed by atoms with E-state index in [1.54, 1.807) is 6.20 Å². The highest BCUT2D eigenvalue weighted by Crippen LogP contribution is 2.37. The van der Waals surface area contributed by atoms with Crippen LogP contribution in [0.1, 0.15) is 43.6 Å². The summed E-state index contributed by atoms with van der Waals surface area (Å²) >= 11 is 0. The summed E-state index contributed by atoms with van der Waals surface area (Å²) in [6, 6.07) is 3.81. The molecule has 1 aliphatic heterocycles. The van der Waals surface area contributed by atoms with Crippen LogP contribution in [0.2, 0.25) is 0 Å². The van der Waals surface area contributed by atoms with Crippen molar-refractivity contribution in [3.63, 3.8) is 0 Å². The molecule has 1 aromatic heterocycles. The Balaban J connectivity index is 1.48. The van der Waals surface area contributed by atoms with Gasteiger partial charge in [-0.25, -0.2) is 18.1 Å². The largest absolute Gasteiger partial charge is 0.470 e. The number of carbonyl (C=O) groups is 1. The molecule has 2 aliphatic rings. The first-order valence-electron chi connectivity index (χ1n) is 9.80. The Hall–Kier alpha value is -1.55. The van der Waals surface area contributed by atoms with Gasteiger partial charge in [0.2, 0.25) is 15.9 Å². The standard InChI is InChI=1S/C19H29N3O5S/c1-28(24,25)22-17-8-10-20-18(17)13-27-15-6-4-14(5-7-15)16-3-2-9-21-19(16)26-12-11-23/h2-3,9,11,14-15,17-18,20,22H,4-8,10,12-13H2,1H3/t14-,15+,17-,18-/m0/s1. The van der Waals surface area contributed by atoms with Crippen LogP contribution in [0.3, 0.4) is 0 Å². The molecule has 2 N–H and O–H groups in total. The first-order valence-corrected chi connectivity index (χ1v) is 11.7. The van der Waals surface area contributed by atoms with Crippen molar-refractivity contribution in [2.24, 2.45) is 0 Å². The Kier molecular flexibility index (Phi) is 7.39. The molecule has 0 unspecified atom stereocenters. The van der Waals surface area contributed by atoms with Gasteiger partial charge in [-0.1, -0.05) is 6.07 Å². The fourth-order valence-corrected chi connectivity index (χ4v) is 4.92. The van der Waals surface area contributed by atoms with E-state index in [0.717, 1.165) is 50.5 Å². The maximum Gasteiger partial charge on any atom is 0.217 e. The van der Waals surface area contributed by atoms with E-state index in [0.29, 0.717) is 18.4 Å². The lowest BCUT2D eigenvalue weighted by Gasteiger charge is -2.30. The highest BCUT2D eigenvalue weighted by molar-refractivity contribution is 7.88. The van der Waals surface area contributed by atoms with Gasteiger partial charge < -0.3 is 14.8 Å². The van der Waals surface area contributed by atoms with Crippen molar-refractivity contribution >= 4 is 16.3 Å². The molecule has 2 atom stereocenters. The van der Waals surface area contributed by atoms with Crippen molar-refractivity contribution in [2.75, 3.05) is 26.0 Å². The van der Waals surface area contributed by atoms with E-state index in [-0.39, 0.29) is 24.8 Å². The molecule has 0 radical (unpaired) electrons. The molecule has 0 spiro atoms. The minimum Gasteiger partial charge on any atom is -0.470 e. The number of aromatic nitrogens is 1. The normalized spacial score (nSPS) is 28.2. The number of carbonyl (C=O) groups excluding carboxylic acids is 1. The average molecular weight is 412 g/mol. The number of pyridine rings is 1. The predicted octanol–water partition coefficient (Wildman–Crippen LogP) is 0.982. The van der Waals surface area contributed by atoms with E-state index in [1.807, 2.05) is 12.1 Å². The van der Waals surface area contributed by atoms with Crippen molar-refractivity contribution < 1.29 is 22.7 Å². The molecular formula is C19H29N3O5S. The molecule has 1 aromatic rings. The van der Waals surface area contributed by atoms with Crippen LogP contribution < -0.4 is 14.8 Å². The van der Waals surface area contributed by atoms with Crippen LogP contribution >= 0.6 is 0 Å². The molecule has 2 fully saturated rings. The molecule has 28 heavy (non-hydrogen) atoms. The lowest BCUT2D eigenvalue weighted by molar-refractivity contribution is -0.109. The Morgan fingerprint density at radius 2 is 2.07 bits per heavy atom. The number of hydrogen-bond acceptors (Lipinski definition) is 7. The summed E-state index contributed by atoms with van der Waals surface area (Å²) in [6.07, 6.45) is 8.35. The summed E-state index contributed by atoms with van der Waals surface area (Å²) < 4.78 is 37.2. The van der Waals surface area contributed by atoms with Gasteiger partial charge >= 0.3 is 0 Å². The van der Waals surface area contributed by atoms with Gasteiger partial charge in [-0.15, -0.1) is 0 Å². The number of aldehydes is 1. The second kappa shape index (κ2) is 9.78. The van der Waals surface area contributed by atoms with Gasteiger partial charge in [0.1, 0.15) is 6.61 Å². The van der Waals surface area contributed by atoms with Gasteiger partial charge in [-0.3, -0.25) is 4.79 Å². The molecule has 8 nitrogen and oxygen atoms in total. The summed E-state index contributed by atoms with van der Waals surface area (Å²) in [6.45, 7) is 1.31. The van der Waals surface area contributed by atoms with Crippen molar-refractivity contribution in [1.82, 2.24) is 15.0 Å². The van der Waals surface area contributed by atoms with Crippen molar-refractivity contribution in [2.45, 2.75) is 56.2 Å². The van der Waals surface area contributed by atoms with Crippen molar-refractivity contribution in [3.05, 3.63) is 23.9 Å². The molecule has 0 aromatic carbocycles. The van der Waals surface area contributed by atoms with Gasteiger partial charge in [0, 0.05) is 23.8 Å². The number of nitrogens with zero attached hydrogens (tertiary/aromatic N) is 1. The van der Waals surface area contributed by atoms with E-state index >= 15 is 0 Å². The zero-order valence-electron chi connectivity index (χ0n) is 16.2. The monoisotopic (exact) mass is 411 g/mol. The fraction of sp³-hybridized carbons (Fsp3) is 0.684. The van der Waals surface area contributed by atoms with Crippen LogP contribution in [0.15, 0.2) is 18.3 Å². The van der Waals surface area contributed by atoms with Crippen molar-refractivity contribution in [1.29, 1.82) is 0 Å². The first-order chi connectivity index (χ1) is 13.5. The van der Waals surface area contributed by atoms with E-state index in [2.05, 4.69) is 15.0 Å². The van der Waals surface area contributed by atoms with Crippen LogP contribution in [0, 0.1) is 0 Å². The quantitative estimate of drug-likeness (QED) is 0.584. The number of nitrogens with one attached hydrogen (secondary N) is 2. The number of sulfonamides is 1. The summed E-state index contributed by atoms with van der Waals surface area (Å²) in [5, 5.41) is 3.33. The second-order valence-electron chi connectivity index (χ2n) is 7.53. The zero-order valence-corrected chi connectivity index (χ0v) is 17.0. The van der Waals surface area contributed by atoms with E-state index in [1.165, 1.54) is 6.26 Å². The van der Waals surface area contributed by atoms with E-state index in [9.17, 15) is 13.2 Å². The first kappa shape index (κ1) is 21.2. The summed E-state index contributed by atoms with van der Waals surface area (Å²) in [7, 11) is -3.22. The molecule has 1 saturated carbocycles. The van der Waals surface area contributed by atoms with E-state index < -0.39 is 10.0 Å². The molecule has 9 heteroatoms. The Morgan fingerprint density at radius 3 is 2.79 bits per heavy atom. The summed E-state index contributed by atoms with van der Waals surface area (Å²) in [5.74, 6) is 0.892. The zero-order chi connectivity index (χ0) is 20.0. The second-order valence-corrected chi connectivity index (χ2v) is 9.31. The minimum atomic E-state index is -3.22. The van der Waals surface area contributed by atoms with Gasteiger partial charge in [0.25, 0.3) is 0 Å². The topological polar surface area (TPSA) is 107 Å². The molecule has 2 heterocycles. The maximum absolute atomic E-state index is 11.5. The van der Waals surface area contributed by atoms with Crippen LogP contribution in [0.25, 0.3) is 0 Å². The average Bonchev–Trinajstić information content (AvgIpc) is 3.10. The van der Waals surface area contributed by atoms with Crippen LogP contribution in [-0.4, -0.2) is 63.9 Å². The Bertz CT molecular complexity index is 750. The fourth-order valence-electron chi connectivity index (χ4n) is 4.09. The third-order valence-electron chi connectivity index (χ3n) is 5.43. The maximum atomic E-state index is 11.5. The van der Waals surface area contributed by atoms with Gasteiger partial charge in [-0.05, 0) is 50.6 Å². The minimum absolute atomic E-state index is 0.00844. The number of ether oxygens (including phenoxy) is 2. The lowest BCUT2D eigenvalue weighted by atomic mass is 9.83. The van der Waals surface area contributed by atoms with Gasteiger partial charge in [0.05, 0.1) is 19.0 Å². The highest BCUT2D eigenvalue weighted by atomic mass is 32.2. The predicted molar refractivity (Wildman–Crippen MR) is 105 cm³/mol. The van der Waals surface area contributed by atoms with E-state index in [4.69, 9.17) is 9.47 Å². The summed E-state index contributed by atoms with van der Waals surface area (Å²) in [5.41, 5.74) is 1.05. The molecule has 1 aliphatic carbocycles. The van der Waals surface area contributed by atoms with Crippen LogP contribution in [0.4, 0.5) is 0 Å². The Labute approximate surface area is 166 Å². The van der Waals surface area contributed by atoms with Crippen molar-refractivity contribution in [3.8, 4) is 5.88 Å². The third-order valence-corrected chi connectivity index (χ3v) is 6.16. The SMILES string of the molecule is CS(=O)(=O)N[C@H]1CCN[C@H]1CO[C@H]1CC[C@@H](c2cccnc2OCC=O)CC1. The molecule has 1 saturated heterocycles. The molecular weight excluding hydrogens is 382 g/mol. The molecule has 0 amide bonds. The van der Waals surface area contributed by atoms with Gasteiger partial charge in [-0.2, -0.15) is 0 Å². The molecule has 156 valence electrons. The van der Waals surface area contributed by atoms with Gasteiger partial charge in [0.15, 0.2) is 6.29 Å². The smallest absolute Gasteiger partial charge is 0.217 e. The number of hydrogen-bond donors (Lipinski definition) is 2. The third kappa shape index (κ3) is 5.97. The molecule has 3 rings (SSSR count). The highest BCUT2D eigenvalue weighted by Gasteiger charge is 2.31.